The van der Waals surface area contributed by atoms with E-state index >= 15 is 0 Å². The minimum Gasteiger partial charge on any atom is -0.482 e. The van der Waals surface area contributed by atoms with Crippen molar-refractivity contribution in [2.75, 3.05) is 13.2 Å². The number of benzene rings is 5. The van der Waals surface area contributed by atoms with E-state index in [1.807, 2.05) is 112 Å². The van der Waals surface area contributed by atoms with Crippen LogP contribution in [0.25, 0.3) is 45.0 Å². The third kappa shape index (κ3) is 11.2. The predicted octanol–water partition coefficient (Wildman–Crippen LogP) is 10.3. The molecule has 0 aliphatic carbocycles. The van der Waals surface area contributed by atoms with Crippen LogP contribution in [-0.2, 0) is 14.3 Å². The van der Waals surface area contributed by atoms with Crippen molar-refractivity contribution in [3.63, 3.8) is 0 Å². The number of hydrogen-bond acceptors (Lipinski definition) is 6. The van der Waals surface area contributed by atoms with Crippen LogP contribution >= 0.6 is 15.9 Å². The molecular weight excluding hydrogens is 708 g/mol. The number of nitrogens with one attached hydrogen (secondary N) is 1. The van der Waals surface area contributed by atoms with Gasteiger partial charge in [-0.1, -0.05) is 126 Å². The number of aliphatic carboxylic acids is 1. The lowest BCUT2D eigenvalue weighted by molar-refractivity contribution is -0.157. The molecule has 0 spiro atoms. The Labute approximate surface area is 307 Å². The largest absolute Gasteiger partial charge is 0.482 e. The number of ether oxygens (including phenoxy) is 3. The molecule has 1 aromatic heterocycles. The number of carboxylic acids is 1. The first kappa shape index (κ1) is 38.1. The Hall–Kier alpha value is -5.67. The number of aromatic nitrogens is 2. The van der Waals surface area contributed by atoms with Gasteiger partial charge in [0.1, 0.15) is 22.9 Å². The second kappa shape index (κ2) is 17.8. The molecule has 0 amide bonds. The third-order valence-corrected chi connectivity index (χ3v) is 7.57. The van der Waals surface area contributed by atoms with Gasteiger partial charge in [0.25, 0.3) is 0 Å². The van der Waals surface area contributed by atoms with E-state index < -0.39 is 11.6 Å². The van der Waals surface area contributed by atoms with Crippen molar-refractivity contribution in [3.05, 3.63) is 138 Å². The molecule has 0 saturated heterocycles. The van der Waals surface area contributed by atoms with Gasteiger partial charge in [-0.15, -0.1) is 0 Å². The molecule has 0 radical (unpaired) electrons. The van der Waals surface area contributed by atoms with Crippen LogP contribution in [0.15, 0.2) is 138 Å². The van der Waals surface area contributed by atoms with Crippen molar-refractivity contribution in [1.82, 2.24) is 9.97 Å². The minimum atomic E-state index is -1.01. The zero-order chi connectivity index (χ0) is 35.5. The van der Waals surface area contributed by atoms with Crippen LogP contribution in [0.4, 0.5) is 0 Å². The highest BCUT2D eigenvalue weighted by Crippen LogP contribution is 2.37. The topological polar surface area (TPSA) is 111 Å². The Kier molecular flexibility index (Phi) is 13.3. The number of esters is 1. The molecule has 0 fully saturated rings. The summed E-state index contributed by atoms with van der Waals surface area (Å²) in [6.07, 6.45) is 0. The standard InChI is InChI=1S/C29H22N2O3.C12H15BrO3.CH4/c32-26(33)19-34-23-15-9-14-22(18-23)24-16-7-8-17-25(24)29-30-27(20-10-3-1-4-11-20)28(31-29)21-12-5-2-6-13-21;1-12(2,3)16-11(14)8-15-10-6-4-5-9(13)7-10;/h1-18H,19H2,(H,30,31)(H,32,33);4-7H,8H2,1-3H3;1H4. The summed E-state index contributed by atoms with van der Waals surface area (Å²) in [4.78, 5) is 30.8. The van der Waals surface area contributed by atoms with Gasteiger partial charge in [0.05, 0.1) is 11.4 Å². The lowest BCUT2D eigenvalue weighted by atomic mass is 9.99. The number of hydrogen-bond donors (Lipinski definition) is 2. The molecular formula is C42H41BrN2O6. The zero-order valence-corrected chi connectivity index (χ0v) is 29.5. The van der Waals surface area contributed by atoms with E-state index in [0.717, 1.165) is 49.5 Å². The van der Waals surface area contributed by atoms with Crippen molar-refractivity contribution < 1.29 is 28.9 Å². The number of carboxylic acid groups (broad SMARTS) is 1. The number of aromatic amines is 1. The molecule has 0 aliphatic heterocycles. The maximum Gasteiger partial charge on any atom is 0.344 e. The van der Waals surface area contributed by atoms with Gasteiger partial charge in [-0.2, -0.15) is 0 Å². The van der Waals surface area contributed by atoms with E-state index in [9.17, 15) is 9.59 Å². The van der Waals surface area contributed by atoms with Gasteiger partial charge >= 0.3 is 11.9 Å². The molecule has 262 valence electrons. The fourth-order valence-corrected chi connectivity index (χ4v) is 5.41. The van der Waals surface area contributed by atoms with E-state index in [-0.39, 0.29) is 26.6 Å². The van der Waals surface area contributed by atoms with Crippen LogP contribution in [0, 0.1) is 0 Å². The second-order valence-corrected chi connectivity index (χ2v) is 13.0. The molecule has 0 bridgehead atoms. The molecule has 2 N–H and O–H groups in total. The fraction of sp³-hybridized carbons (Fsp3) is 0.167. The summed E-state index contributed by atoms with van der Waals surface area (Å²) >= 11 is 3.32. The normalized spacial score (nSPS) is 10.6. The van der Waals surface area contributed by atoms with Crippen LogP contribution in [0.1, 0.15) is 28.2 Å². The maximum absolute atomic E-state index is 11.4. The number of imidazole rings is 1. The van der Waals surface area contributed by atoms with E-state index in [2.05, 4.69) is 45.2 Å². The molecule has 0 atom stereocenters. The van der Waals surface area contributed by atoms with Gasteiger partial charge in [-0.05, 0) is 62.2 Å². The summed E-state index contributed by atoms with van der Waals surface area (Å²) in [5.41, 5.74) is 6.28. The number of halogens is 1. The van der Waals surface area contributed by atoms with E-state index in [1.165, 1.54) is 0 Å². The Morgan fingerprint density at radius 1 is 0.686 bits per heavy atom. The van der Waals surface area contributed by atoms with Gasteiger partial charge in [-0.3, -0.25) is 0 Å². The van der Waals surface area contributed by atoms with E-state index in [1.54, 1.807) is 18.2 Å². The average molecular weight is 750 g/mol. The molecule has 51 heavy (non-hydrogen) atoms. The number of carbonyl (C=O) groups is 2. The molecule has 0 unspecified atom stereocenters. The highest BCUT2D eigenvalue weighted by atomic mass is 79.9. The van der Waals surface area contributed by atoms with Gasteiger partial charge in [0.15, 0.2) is 13.2 Å². The lowest BCUT2D eigenvalue weighted by Crippen LogP contribution is -2.27. The van der Waals surface area contributed by atoms with Crippen LogP contribution in [0.2, 0.25) is 0 Å². The fourth-order valence-electron chi connectivity index (χ4n) is 5.03. The second-order valence-electron chi connectivity index (χ2n) is 12.1. The summed E-state index contributed by atoms with van der Waals surface area (Å²) < 4.78 is 16.7. The number of nitrogens with zero attached hydrogens (tertiary/aromatic N) is 1. The first-order valence-electron chi connectivity index (χ1n) is 15.9. The van der Waals surface area contributed by atoms with Crippen molar-refractivity contribution in [3.8, 4) is 56.5 Å². The molecule has 8 nitrogen and oxygen atoms in total. The van der Waals surface area contributed by atoms with Crippen LogP contribution in [-0.4, -0.2) is 45.8 Å². The minimum absolute atomic E-state index is 0. The predicted molar refractivity (Wildman–Crippen MR) is 206 cm³/mol. The first-order valence-corrected chi connectivity index (χ1v) is 16.7. The third-order valence-electron chi connectivity index (χ3n) is 7.08. The van der Waals surface area contributed by atoms with Gasteiger partial charge in [-0.25, -0.2) is 14.6 Å². The number of rotatable bonds is 10. The van der Waals surface area contributed by atoms with Crippen molar-refractivity contribution >= 4 is 27.9 Å². The maximum atomic E-state index is 11.4. The van der Waals surface area contributed by atoms with Crippen molar-refractivity contribution in [2.45, 2.75) is 33.8 Å². The summed E-state index contributed by atoms with van der Waals surface area (Å²) in [5.74, 6) is 0.519. The number of carbonyl (C=O) groups excluding carboxylic acids is 1. The monoisotopic (exact) mass is 748 g/mol. The highest BCUT2D eigenvalue weighted by Gasteiger charge is 2.18. The average Bonchev–Trinajstić information content (AvgIpc) is 3.56. The smallest absolute Gasteiger partial charge is 0.344 e. The van der Waals surface area contributed by atoms with E-state index in [0.29, 0.717) is 11.5 Å². The summed E-state index contributed by atoms with van der Waals surface area (Å²) in [6.45, 7) is 5.01. The quantitative estimate of drug-likeness (QED) is 0.134. The summed E-state index contributed by atoms with van der Waals surface area (Å²) in [7, 11) is 0. The summed E-state index contributed by atoms with van der Waals surface area (Å²) in [5, 5.41) is 8.93. The van der Waals surface area contributed by atoms with E-state index in [4.69, 9.17) is 24.3 Å². The first-order chi connectivity index (χ1) is 24.1. The van der Waals surface area contributed by atoms with Gasteiger partial charge in [0.2, 0.25) is 0 Å². The van der Waals surface area contributed by atoms with Crippen LogP contribution in [0.3, 0.4) is 0 Å². The summed E-state index contributed by atoms with van der Waals surface area (Å²) in [6, 6.07) is 43.1. The molecule has 0 saturated carbocycles. The highest BCUT2D eigenvalue weighted by molar-refractivity contribution is 9.10. The Balaban J connectivity index is 0.000000291. The SMILES string of the molecule is C.CC(C)(C)OC(=O)COc1cccc(Br)c1.O=C(O)COc1cccc(-c2ccccc2-c2nc(-c3ccccc3)c(-c3ccccc3)[nH]2)c1. The molecule has 6 rings (SSSR count). The van der Waals surface area contributed by atoms with Crippen LogP contribution < -0.4 is 9.47 Å². The van der Waals surface area contributed by atoms with Crippen LogP contribution in [0.5, 0.6) is 11.5 Å². The number of H-pyrrole nitrogens is 1. The Morgan fingerprint density at radius 2 is 1.24 bits per heavy atom. The van der Waals surface area contributed by atoms with Gasteiger partial charge < -0.3 is 24.3 Å². The molecule has 5 aromatic carbocycles. The van der Waals surface area contributed by atoms with Crippen molar-refractivity contribution in [1.29, 1.82) is 0 Å². The lowest BCUT2D eigenvalue weighted by Gasteiger charge is -2.19. The van der Waals surface area contributed by atoms with Gasteiger partial charge in [0, 0.05) is 21.2 Å². The molecule has 0 aliphatic rings. The Bertz CT molecular complexity index is 1980. The molecule has 9 heteroatoms. The zero-order valence-electron chi connectivity index (χ0n) is 27.9. The van der Waals surface area contributed by atoms with Crippen molar-refractivity contribution in [2.24, 2.45) is 0 Å². The molecule has 1 heterocycles. The molecule has 6 aromatic rings. The Morgan fingerprint density at radius 3 is 1.86 bits per heavy atom.